The van der Waals surface area contributed by atoms with Crippen LogP contribution in [0.2, 0.25) is 0 Å². The molecule has 0 aromatic carbocycles. The number of ether oxygens (including phenoxy) is 3. The molecule has 26 heavy (non-hydrogen) atoms. The van der Waals surface area contributed by atoms with Gasteiger partial charge in [-0.1, -0.05) is 0 Å². The highest BCUT2D eigenvalue weighted by atomic mass is 16.5. The Labute approximate surface area is 158 Å². The van der Waals surface area contributed by atoms with Gasteiger partial charge < -0.3 is 24.4 Å². The van der Waals surface area contributed by atoms with Crippen molar-refractivity contribution in [3.05, 3.63) is 0 Å². The van der Waals surface area contributed by atoms with Gasteiger partial charge in [-0.05, 0) is 32.6 Å². The molecule has 0 aromatic heterocycles. The number of rotatable bonds is 7. The van der Waals surface area contributed by atoms with Gasteiger partial charge in [0.15, 0.2) is 5.96 Å². The Balaban J connectivity index is 1.39. The van der Waals surface area contributed by atoms with Crippen molar-refractivity contribution >= 4 is 5.96 Å². The highest BCUT2D eigenvalue weighted by molar-refractivity contribution is 5.80. The Bertz CT molecular complexity index is 423. The third-order valence-corrected chi connectivity index (χ3v) is 5.45. The van der Waals surface area contributed by atoms with E-state index < -0.39 is 0 Å². The largest absolute Gasteiger partial charge is 0.381 e. The van der Waals surface area contributed by atoms with Crippen LogP contribution in [0.4, 0.5) is 0 Å². The molecule has 3 aliphatic rings. The molecule has 0 spiro atoms. The molecule has 3 fully saturated rings. The van der Waals surface area contributed by atoms with Crippen molar-refractivity contribution < 1.29 is 14.2 Å². The van der Waals surface area contributed by atoms with Gasteiger partial charge in [0.05, 0.1) is 19.3 Å². The van der Waals surface area contributed by atoms with Crippen molar-refractivity contribution in [3.8, 4) is 0 Å². The van der Waals surface area contributed by atoms with E-state index in [-0.39, 0.29) is 0 Å². The third kappa shape index (κ3) is 6.08. The summed E-state index contributed by atoms with van der Waals surface area (Å²) in [7, 11) is 0. The van der Waals surface area contributed by atoms with Crippen LogP contribution in [-0.2, 0) is 14.2 Å². The lowest BCUT2D eigenvalue weighted by molar-refractivity contribution is -0.0318. The van der Waals surface area contributed by atoms with Gasteiger partial charge in [-0.3, -0.25) is 9.89 Å². The first kappa shape index (κ1) is 19.9. The molecule has 3 saturated heterocycles. The van der Waals surface area contributed by atoms with E-state index in [9.17, 15) is 0 Å². The molecule has 3 heterocycles. The molecule has 0 amide bonds. The monoisotopic (exact) mass is 368 g/mol. The first-order chi connectivity index (χ1) is 12.9. The molecule has 0 aromatic rings. The lowest BCUT2D eigenvalue weighted by Gasteiger charge is -2.32. The maximum Gasteiger partial charge on any atom is 0.193 e. The normalized spacial score (nSPS) is 26.4. The van der Waals surface area contributed by atoms with Gasteiger partial charge in [-0.2, -0.15) is 0 Å². The van der Waals surface area contributed by atoms with Crippen LogP contribution in [0, 0.1) is 0 Å². The van der Waals surface area contributed by atoms with E-state index in [2.05, 4.69) is 22.0 Å². The van der Waals surface area contributed by atoms with Crippen LogP contribution in [0.3, 0.4) is 0 Å². The van der Waals surface area contributed by atoms with E-state index in [1.807, 2.05) is 0 Å². The second-order valence-corrected chi connectivity index (χ2v) is 7.31. The fourth-order valence-corrected chi connectivity index (χ4v) is 3.94. The summed E-state index contributed by atoms with van der Waals surface area (Å²) in [6.07, 6.45) is 4.64. The average Bonchev–Trinajstić information content (AvgIpc) is 3.18. The van der Waals surface area contributed by atoms with Crippen molar-refractivity contribution in [1.29, 1.82) is 0 Å². The van der Waals surface area contributed by atoms with Crippen LogP contribution in [0.15, 0.2) is 4.99 Å². The number of aliphatic imine (C=N–C) groups is 1. The molecule has 150 valence electrons. The summed E-state index contributed by atoms with van der Waals surface area (Å²) in [5, 5.41) is 3.46. The maximum atomic E-state index is 5.94. The summed E-state index contributed by atoms with van der Waals surface area (Å²) in [5.41, 5.74) is 0. The van der Waals surface area contributed by atoms with E-state index in [0.29, 0.717) is 12.1 Å². The van der Waals surface area contributed by atoms with Crippen LogP contribution < -0.4 is 5.32 Å². The van der Waals surface area contributed by atoms with Crippen molar-refractivity contribution in [2.24, 2.45) is 4.99 Å². The fourth-order valence-electron chi connectivity index (χ4n) is 3.94. The number of nitrogens with one attached hydrogen (secondary N) is 1. The van der Waals surface area contributed by atoms with Crippen molar-refractivity contribution in [3.63, 3.8) is 0 Å². The van der Waals surface area contributed by atoms with E-state index >= 15 is 0 Å². The Morgan fingerprint density at radius 2 is 1.85 bits per heavy atom. The summed E-state index contributed by atoms with van der Waals surface area (Å²) >= 11 is 0. The summed E-state index contributed by atoms with van der Waals surface area (Å²) in [5.74, 6) is 1.06. The number of hydrogen-bond acceptors (Lipinski definition) is 5. The molecule has 0 saturated carbocycles. The predicted octanol–water partition coefficient (Wildman–Crippen LogP) is 0.944. The van der Waals surface area contributed by atoms with Gasteiger partial charge in [-0.25, -0.2) is 0 Å². The van der Waals surface area contributed by atoms with Crippen molar-refractivity contribution in [2.75, 3.05) is 72.3 Å². The summed E-state index contributed by atoms with van der Waals surface area (Å²) in [6, 6.07) is 0.639. The highest BCUT2D eigenvalue weighted by Crippen LogP contribution is 2.17. The van der Waals surface area contributed by atoms with E-state index in [1.165, 1.54) is 6.42 Å². The zero-order valence-electron chi connectivity index (χ0n) is 16.3. The molecule has 7 heteroatoms. The van der Waals surface area contributed by atoms with E-state index in [1.54, 1.807) is 0 Å². The minimum Gasteiger partial charge on any atom is -0.381 e. The molecule has 0 bridgehead atoms. The molecule has 3 aliphatic heterocycles. The molecule has 1 unspecified atom stereocenters. The van der Waals surface area contributed by atoms with Crippen LogP contribution in [0.5, 0.6) is 0 Å². The van der Waals surface area contributed by atoms with Gasteiger partial charge in [0.25, 0.3) is 0 Å². The lowest BCUT2D eigenvalue weighted by Crippen LogP contribution is -2.46. The van der Waals surface area contributed by atoms with Gasteiger partial charge in [0, 0.05) is 65.1 Å². The first-order valence-corrected chi connectivity index (χ1v) is 10.4. The maximum absolute atomic E-state index is 5.94. The highest BCUT2D eigenvalue weighted by Gasteiger charge is 2.30. The fraction of sp³-hybridized carbons (Fsp3) is 0.947. The minimum absolute atomic E-state index is 0.383. The number of hydrogen-bond donors (Lipinski definition) is 1. The molecule has 3 rings (SSSR count). The Morgan fingerprint density at radius 1 is 1.08 bits per heavy atom. The standard InChI is InChI=1S/C19H36N4O3/c1-2-20-19(21-7-3-11-26-18-5-12-24-13-6-18)23-8-4-17(16-23)22-9-14-25-15-10-22/h17-18H,2-16H2,1H3,(H,20,21). The van der Waals surface area contributed by atoms with E-state index in [0.717, 1.165) is 97.5 Å². The molecule has 7 nitrogen and oxygen atoms in total. The van der Waals surface area contributed by atoms with Gasteiger partial charge in [0.1, 0.15) is 0 Å². The Hall–Kier alpha value is -0.890. The first-order valence-electron chi connectivity index (χ1n) is 10.4. The van der Waals surface area contributed by atoms with Crippen LogP contribution in [0.1, 0.15) is 32.6 Å². The van der Waals surface area contributed by atoms with Crippen molar-refractivity contribution in [2.45, 2.75) is 44.8 Å². The summed E-state index contributed by atoms with van der Waals surface area (Å²) in [4.78, 5) is 9.84. The molecule has 1 N–H and O–H groups in total. The number of likely N-dealkylation sites (tertiary alicyclic amines) is 1. The number of nitrogens with zero attached hydrogens (tertiary/aromatic N) is 3. The zero-order valence-corrected chi connectivity index (χ0v) is 16.3. The smallest absolute Gasteiger partial charge is 0.193 e. The van der Waals surface area contributed by atoms with Crippen LogP contribution in [0.25, 0.3) is 0 Å². The zero-order chi connectivity index (χ0) is 18.0. The summed E-state index contributed by atoms with van der Waals surface area (Å²) < 4.78 is 16.8. The minimum atomic E-state index is 0.383. The molecule has 1 atom stereocenters. The Morgan fingerprint density at radius 3 is 2.62 bits per heavy atom. The number of guanidine groups is 1. The second kappa shape index (κ2) is 11.1. The van der Waals surface area contributed by atoms with Crippen LogP contribution in [-0.4, -0.2) is 100 Å². The number of morpholine rings is 1. The van der Waals surface area contributed by atoms with Crippen molar-refractivity contribution in [1.82, 2.24) is 15.1 Å². The predicted molar refractivity (Wildman–Crippen MR) is 103 cm³/mol. The van der Waals surface area contributed by atoms with Gasteiger partial charge >= 0.3 is 0 Å². The molecule has 0 radical (unpaired) electrons. The Kier molecular flexibility index (Phi) is 8.45. The van der Waals surface area contributed by atoms with E-state index in [4.69, 9.17) is 19.2 Å². The molecular formula is C19H36N4O3. The van der Waals surface area contributed by atoms with Crippen LogP contribution >= 0.6 is 0 Å². The molecule has 0 aliphatic carbocycles. The SMILES string of the molecule is CCNC(=NCCCOC1CCOCC1)N1CCC(N2CCOCC2)C1. The third-order valence-electron chi connectivity index (χ3n) is 5.45. The quantitative estimate of drug-likeness (QED) is 0.410. The molecular weight excluding hydrogens is 332 g/mol. The lowest BCUT2D eigenvalue weighted by atomic mass is 10.1. The topological polar surface area (TPSA) is 58.6 Å². The van der Waals surface area contributed by atoms with Gasteiger partial charge in [-0.15, -0.1) is 0 Å². The van der Waals surface area contributed by atoms with Gasteiger partial charge in [0.2, 0.25) is 0 Å². The second-order valence-electron chi connectivity index (χ2n) is 7.31. The summed E-state index contributed by atoms with van der Waals surface area (Å²) in [6.45, 7) is 12.4. The average molecular weight is 369 g/mol.